The summed E-state index contributed by atoms with van der Waals surface area (Å²) in [6.07, 6.45) is -2.49. The van der Waals surface area contributed by atoms with E-state index in [0.717, 1.165) is 30.7 Å². The van der Waals surface area contributed by atoms with Crippen molar-refractivity contribution in [2.75, 3.05) is 0 Å². The fourth-order valence-electron chi connectivity index (χ4n) is 3.90. The van der Waals surface area contributed by atoms with Crippen molar-refractivity contribution in [2.24, 2.45) is 0 Å². The number of nitrogens with one attached hydrogen (secondary N) is 1. The van der Waals surface area contributed by atoms with E-state index < -0.39 is 11.7 Å². The van der Waals surface area contributed by atoms with Crippen LogP contribution in [0.25, 0.3) is 28.0 Å². The summed E-state index contributed by atoms with van der Waals surface area (Å²) < 4.78 is 40.3. The van der Waals surface area contributed by atoms with Crippen LogP contribution in [0.5, 0.6) is 0 Å². The number of rotatable bonds is 3. The number of aromatic nitrogens is 3. The molecule has 4 aromatic rings. The van der Waals surface area contributed by atoms with Gasteiger partial charge < -0.3 is 0 Å². The molecule has 2 aromatic carbocycles. The van der Waals surface area contributed by atoms with Gasteiger partial charge in [0, 0.05) is 38.9 Å². The molecule has 2 aromatic heterocycles. The number of nitrogens with zero attached hydrogens (tertiary/aromatic N) is 2. The zero-order valence-corrected chi connectivity index (χ0v) is 18.2. The van der Waals surface area contributed by atoms with Gasteiger partial charge in [-0.25, -0.2) is 9.50 Å². The van der Waals surface area contributed by atoms with E-state index in [-0.39, 0.29) is 11.5 Å². The average Bonchev–Trinajstić information content (AvgIpc) is 3.51. The van der Waals surface area contributed by atoms with Gasteiger partial charge in [-0.3, -0.25) is 9.89 Å². The Morgan fingerprint density at radius 1 is 1.09 bits per heavy atom. The average molecular weight is 478 g/mol. The SMILES string of the molecule is Cc1c(-c2ccc(C(F)(F)F)cc2)nc2c(-c3ccc(Cl)cc3Cl)c(C3CC3)[nH]n2c1=O. The van der Waals surface area contributed by atoms with Gasteiger partial charge in [-0.05, 0) is 44.0 Å². The molecular formula is C23H16Cl2F3N3O. The zero-order chi connectivity index (χ0) is 22.8. The van der Waals surface area contributed by atoms with Gasteiger partial charge in [0.15, 0.2) is 5.65 Å². The van der Waals surface area contributed by atoms with Crippen molar-refractivity contribution in [2.45, 2.75) is 31.9 Å². The molecule has 0 bridgehead atoms. The van der Waals surface area contributed by atoms with Crippen molar-refractivity contribution in [1.82, 2.24) is 14.6 Å². The zero-order valence-electron chi connectivity index (χ0n) is 16.7. The topological polar surface area (TPSA) is 50.2 Å². The molecule has 0 aliphatic heterocycles. The number of alkyl halides is 3. The molecule has 1 fully saturated rings. The van der Waals surface area contributed by atoms with Crippen molar-refractivity contribution < 1.29 is 13.2 Å². The maximum atomic E-state index is 13.2. The molecule has 0 amide bonds. The van der Waals surface area contributed by atoms with Crippen LogP contribution in [-0.2, 0) is 6.18 Å². The van der Waals surface area contributed by atoms with E-state index in [2.05, 4.69) is 5.10 Å². The van der Waals surface area contributed by atoms with Crippen LogP contribution in [-0.4, -0.2) is 14.6 Å². The molecule has 2 heterocycles. The second-order valence-corrected chi connectivity index (χ2v) is 8.77. The largest absolute Gasteiger partial charge is 0.416 e. The molecule has 1 aliphatic carbocycles. The number of hydrogen-bond donors (Lipinski definition) is 1. The van der Waals surface area contributed by atoms with Gasteiger partial charge in [0.2, 0.25) is 0 Å². The van der Waals surface area contributed by atoms with E-state index in [1.165, 1.54) is 16.6 Å². The van der Waals surface area contributed by atoms with E-state index >= 15 is 0 Å². The van der Waals surface area contributed by atoms with Crippen LogP contribution in [0.2, 0.25) is 10.0 Å². The first-order chi connectivity index (χ1) is 15.1. The normalized spacial score (nSPS) is 14.3. The van der Waals surface area contributed by atoms with Gasteiger partial charge in [0.25, 0.3) is 5.56 Å². The van der Waals surface area contributed by atoms with Crippen molar-refractivity contribution in [3.05, 3.63) is 79.7 Å². The van der Waals surface area contributed by atoms with E-state index in [4.69, 9.17) is 28.2 Å². The number of hydrogen-bond acceptors (Lipinski definition) is 2. The van der Waals surface area contributed by atoms with Crippen LogP contribution in [0.15, 0.2) is 47.3 Å². The molecule has 1 saturated carbocycles. The lowest BCUT2D eigenvalue weighted by atomic mass is 10.0. The molecule has 32 heavy (non-hydrogen) atoms. The first-order valence-electron chi connectivity index (χ1n) is 9.93. The smallest absolute Gasteiger partial charge is 0.293 e. The summed E-state index contributed by atoms with van der Waals surface area (Å²) in [5, 5.41) is 4.09. The molecule has 4 nitrogen and oxygen atoms in total. The van der Waals surface area contributed by atoms with Crippen LogP contribution in [0, 0.1) is 6.92 Å². The quantitative estimate of drug-likeness (QED) is 0.350. The fraction of sp³-hybridized carbons (Fsp3) is 0.217. The molecular weight excluding hydrogens is 462 g/mol. The van der Waals surface area contributed by atoms with E-state index in [9.17, 15) is 18.0 Å². The number of H-pyrrole nitrogens is 1. The van der Waals surface area contributed by atoms with Crippen molar-refractivity contribution >= 4 is 28.8 Å². The monoisotopic (exact) mass is 477 g/mol. The Hall–Kier alpha value is -2.77. The standard InChI is InChI=1S/C23H16Cl2F3N3O/c1-11-19(12-4-6-14(7-5-12)23(26,27)28)29-21-18(16-9-8-15(24)10-17(16)25)20(13-2-3-13)30-31(21)22(11)32/h4-10,13,30H,2-3H2,1H3. The third kappa shape index (κ3) is 3.49. The Morgan fingerprint density at radius 3 is 2.38 bits per heavy atom. The molecule has 5 rings (SSSR count). The summed E-state index contributed by atoms with van der Waals surface area (Å²) in [4.78, 5) is 17.9. The van der Waals surface area contributed by atoms with Crippen LogP contribution >= 0.6 is 23.2 Å². The van der Waals surface area contributed by atoms with Crippen molar-refractivity contribution in [3.63, 3.8) is 0 Å². The highest BCUT2D eigenvalue weighted by Crippen LogP contribution is 2.46. The minimum atomic E-state index is -4.44. The molecule has 0 unspecified atom stereocenters. The number of fused-ring (bicyclic) bond motifs is 1. The van der Waals surface area contributed by atoms with Crippen molar-refractivity contribution in [1.29, 1.82) is 0 Å². The Balaban J connectivity index is 1.77. The van der Waals surface area contributed by atoms with Gasteiger partial charge in [-0.15, -0.1) is 0 Å². The summed E-state index contributed by atoms with van der Waals surface area (Å²) in [7, 11) is 0. The molecule has 1 aliphatic rings. The summed E-state index contributed by atoms with van der Waals surface area (Å²) >= 11 is 12.6. The molecule has 9 heteroatoms. The Bertz CT molecular complexity index is 1420. The maximum absolute atomic E-state index is 13.2. The minimum absolute atomic E-state index is 0.257. The van der Waals surface area contributed by atoms with Gasteiger partial charge in [0.1, 0.15) is 0 Å². The molecule has 1 N–H and O–H groups in total. The third-order valence-electron chi connectivity index (χ3n) is 5.71. The molecule has 0 spiro atoms. The van der Waals surface area contributed by atoms with Crippen LogP contribution in [0.4, 0.5) is 13.2 Å². The Labute approximate surface area is 190 Å². The van der Waals surface area contributed by atoms with Crippen LogP contribution in [0.3, 0.4) is 0 Å². The summed E-state index contributed by atoms with van der Waals surface area (Å²) in [6.45, 7) is 1.61. The van der Waals surface area contributed by atoms with E-state index in [0.29, 0.717) is 43.6 Å². The summed E-state index contributed by atoms with van der Waals surface area (Å²) in [5.74, 6) is 0.257. The van der Waals surface area contributed by atoms with Crippen LogP contribution in [0.1, 0.15) is 35.6 Å². The highest BCUT2D eigenvalue weighted by molar-refractivity contribution is 6.36. The first kappa shape index (κ1) is 21.1. The lowest BCUT2D eigenvalue weighted by Crippen LogP contribution is -2.19. The summed E-state index contributed by atoms with van der Waals surface area (Å²) in [5.41, 5.74) is 2.65. The summed E-state index contributed by atoms with van der Waals surface area (Å²) in [6, 6.07) is 9.76. The van der Waals surface area contributed by atoms with Gasteiger partial charge >= 0.3 is 6.18 Å². The second-order valence-electron chi connectivity index (χ2n) is 7.92. The number of aromatic amines is 1. The van der Waals surface area contributed by atoms with Crippen molar-refractivity contribution in [3.8, 4) is 22.4 Å². The van der Waals surface area contributed by atoms with Gasteiger partial charge in [-0.2, -0.15) is 13.2 Å². The lowest BCUT2D eigenvalue weighted by molar-refractivity contribution is -0.137. The second kappa shape index (κ2) is 7.39. The molecule has 0 saturated heterocycles. The highest BCUT2D eigenvalue weighted by atomic mass is 35.5. The predicted octanol–water partition coefficient (Wildman–Crippen LogP) is 6.87. The first-order valence-corrected chi connectivity index (χ1v) is 10.7. The number of halogens is 5. The van der Waals surface area contributed by atoms with Gasteiger partial charge in [-0.1, -0.05) is 41.4 Å². The third-order valence-corrected chi connectivity index (χ3v) is 6.25. The predicted molar refractivity (Wildman–Crippen MR) is 118 cm³/mol. The Kier molecular flexibility index (Phi) is 4.87. The van der Waals surface area contributed by atoms with Crippen LogP contribution < -0.4 is 5.56 Å². The number of benzene rings is 2. The van der Waals surface area contributed by atoms with E-state index in [1.54, 1.807) is 25.1 Å². The fourth-order valence-corrected chi connectivity index (χ4v) is 4.40. The van der Waals surface area contributed by atoms with Gasteiger partial charge in [0.05, 0.1) is 16.3 Å². The molecule has 0 atom stereocenters. The maximum Gasteiger partial charge on any atom is 0.416 e. The molecule has 164 valence electrons. The Morgan fingerprint density at radius 2 is 1.78 bits per heavy atom. The highest BCUT2D eigenvalue weighted by Gasteiger charge is 2.32. The lowest BCUT2D eigenvalue weighted by Gasteiger charge is -2.10. The minimum Gasteiger partial charge on any atom is -0.293 e. The molecule has 0 radical (unpaired) electrons. The van der Waals surface area contributed by atoms with E-state index in [1.807, 2.05) is 0 Å².